The van der Waals surface area contributed by atoms with Crippen LogP contribution in [0.3, 0.4) is 0 Å². The van der Waals surface area contributed by atoms with Gasteiger partial charge in [0, 0.05) is 6.92 Å². The highest BCUT2D eigenvalue weighted by Crippen LogP contribution is 2.14. The zero-order valence-corrected chi connectivity index (χ0v) is 10.8. The molecular formula is C11H15NO4S. The van der Waals surface area contributed by atoms with E-state index in [4.69, 9.17) is 4.74 Å². The Labute approximate surface area is 101 Å². The van der Waals surface area contributed by atoms with Gasteiger partial charge in [-0.05, 0) is 17.7 Å². The van der Waals surface area contributed by atoms with E-state index < -0.39 is 15.9 Å². The van der Waals surface area contributed by atoms with Crippen LogP contribution in [0.25, 0.3) is 0 Å². The lowest BCUT2D eigenvalue weighted by Gasteiger charge is -2.18. The fourth-order valence-corrected chi connectivity index (χ4v) is 2.21. The van der Waals surface area contributed by atoms with Crippen LogP contribution in [0.2, 0.25) is 0 Å². The van der Waals surface area contributed by atoms with Crippen molar-refractivity contribution in [3.8, 4) is 5.75 Å². The molecule has 94 valence electrons. The van der Waals surface area contributed by atoms with E-state index in [-0.39, 0.29) is 6.54 Å². The van der Waals surface area contributed by atoms with Gasteiger partial charge in [0.1, 0.15) is 5.75 Å². The van der Waals surface area contributed by atoms with Gasteiger partial charge in [0.2, 0.25) is 15.9 Å². The Morgan fingerprint density at radius 1 is 1.29 bits per heavy atom. The van der Waals surface area contributed by atoms with E-state index in [0.717, 1.165) is 16.1 Å². The topological polar surface area (TPSA) is 63.7 Å². The van der Waals surface area contributed by atoms with Gasteiger partial charge in [-0.15, -0.1) is 0 Å². The number of amides is 1. The number of hydrogen-bond donors (Lipinski definition) is 0. The second kappa shape index (κ2) is 5.18. The molecule has 17 heavy (non-hydrogen) atoms. The first-order valence-corrected chi connectivity index (χ1v) is 6.80. The maximum absolute atomic E-state index is 11.4. The van der Waals surface area contributed by atoms with E-state index in [0.29, 0.717) is 5.75 Å². The van der Waals surface area contributed by atoms with Gasteiger partial charge in [0.05, 0.1) is 19.9 Å². The first kappa shape index (κ1) is 13.5. The molecule has 0 aliphatic rings. The van der Waals surface area contributed by atoms with Crippen LogP contribution in [-0.4, -0.2) is 32.0 Å². The molecule has 6 heteroatoms. The van der Waals surface area contributed by atoms with Crippen molar-refractivity contribution in [2.45, 2.75) is 13.5 Å². The summed E-state index contributed by atoms with van der Waals surface area (Å²) in [4.78, 5) is 11.2. The third-order valence-corrected chi connectivity index (χ3v) is 3.42. The molecule has 0 radical (unpaired) electrons. The summed E-state index contributed by atoms with van der Waals surface area (Å²) in [6.45, 7) is 1.27. The molecule has 0 fully saturated rings. The average Bonchev–Trinajstić information content (AvgIpc) is 2.24. The predicted octanol–water partition coefficient (Wildman–Crippen LogP) is 1.00. The number of hydrogen-bond acceptors (Lipinski definition) is 4. The molecule has 1 aromatic carbocycles. The Morgan fingerprint density at radius 3 is 2.18 bits per heavy atom. The zero-order chi connectivity index (χ0) is 13.1. The van der Waals surface area contributed by atoms with Gasteiger partial charge in [0.25, 0.3) is 0 Å². The summed E-state index contributed by atoms with van der Waals surface area (Å²) >= 11 is 0. The minimum Gasteiger partial charge on any atom is -0.497 e. The van der Waals surface area contributed by atoms with Crippen molar-refractivity contribution < 1.29 is 17.9 Å². The van der Waals surface area contributed by atoms with E-state index in [1.807, 2.05) is 0 Å². The van der Waals surface area contributed by atoms with Gasteiger partial charge in [-0.3, -0.25) is 4.79 Å². The summed E-state index contributed by atoms with van der Waals surface area (Å²) in [6, 6.07) is 6.88. The number of carbonyl (C=O) groups is 1. The minimum absolute atomic E-state index is 0.0398. The third kappa shape index (κ3) is 3.74. The standard InChI is InChI=1S/C11H15NO4S/c1-9(13)12(17(3,14)15)8-10-4-6-11(16-2)7-5-10/h4-7H,8H2,1-3H3. The third-order valence-electron chi connectivity index (χ3n) is 2.24. The molecular weight excluding hydrogens is 242 g/mol. The molecule has 1 rings (SSSR count). The van der Waals surface area contributed by atoms with Gasteiger partial charge < -0.3 is 4.74 Å². The Morgan fingerprint density at radius 2 is 1.82 bits per heavy atom. The molecule has 0 unspecified atom stereocenters. The Kier molecular flexibility index (Phi) is 4.11. The number of methoxy groups -OCH3 is 1. The lowest BCUT2D eigenvalue weighted by atomic mass is 10.2. The molecule has 0 bridgehead atoms. The second-order valence-corrected chi connectivity index (χ2v) is 5.54. The van der Waals surface area contributed by atoms with Crippen molar-refractivity contribution in [3.63, 3.8) is 0 Å². The molecule has 0 spiro atoms. The van der Waals surface area contributed by atoms with Crippen molar-refractivity contribution in [2.24, 2.45) is 0 Å². The molecule has 5 nitrogen and oxygen atoms in total. The van der Waals surface area contributed by atoms with Crippen LogP contribution in [0.4, 0.5) is 0 Å². The minimum atomic E-state index is -3.53. The molecule has 1 aromatic rings. The van der Waals surface area contributed by atoms with E-state index in [1.165, 1.54) is 6.92 Å². The first-order chi connectivity index (χ1) is 7.84. The normalized spacial score (nSPS) is 11.0. The van der Waals surface area contributed by atoms with Crippen molar-refractivity contribution in [3.05, 3.63) is 29.8 Å². The van der Waals surface area contributed by atoms with Gasteiger partial charge in [-0.25, -0.2) is 12.7 Å². The summed E-state index contributed by atoms with van der Waals surface area (Å²) in [6.07, 6.45) is 1.01. The van der Waals surface area contributed by atoms with Crippen LogP contribution in [0.1, 0.15) is 12.5 Å². The summed E-state index contributed by atoms with van der Waals surface area (Å²) in [5.41, 5.74) is 0.728. The maximum atomic E-state index is 11.4. The zero-order valence-electron chi connectivity index (χ0n) is 10.0. The highest BCUT2D eigenvalue weighted by atomic mass is 32.2. The van der Waals surface area contributed by atoms with Crippen LogP contribution in [0.15, 0.2) is 24.3 Å². The number of sulfonamides is 1. The fraction of sp³-hybridized carbons (Fsp3) is 0.364. The van der Waals surface area contributed by atoms with Crippen molar-refractivity contribution in [2.75, 3.05) is 13.4 Å². The highest BCUT2D eigenvalue weighted by Gasteiger charge is 2.19. The van der Waals surface area contributed by atoms with Gasteiger partial charge in [0.15, 0.2) is 0 Å². The number of benzene rings is 1. The molecule has 0 saturated heterocycles. The lowest BCUT2D eigenvalue weighted by Crippen LogP contribution is -2.33. The molecule has 0 heterocycles. The molecule has 0 aliphatic heterocycles. The van der Waals surface area contributed by atoms with Crippen molar-refractivity contribution >= 4 is 15.9 Å². The quantitative estimate of drug-likeness (QED) is 0.807. The van der Waals surface area contributed by atoms with E-state index in [2.05, 4.69) is 0 Å². The van der Waals surface area contributed by atoms with Crippen LogP contribution < -0.4 is 4.74 Å². The van der Waals surface area contributed by atoms with E-state index >= 15 is 0 Å². The molecule has 0 aliphatic carbocycles. The maximum Gasteiger partial charge on any atom is 0.234 e. The second-order valence-electron chi connectivity index (χ2n) is 3.64. The van der Waals surface area contributed by atoms with Crippen LogP contribution >= 0.6 is 0 Å². The number of rotatable bonds is 4. The Balaban J connectivity index is 2.91. The predicted molar refractivity (Wildman–Crippen MR) is 64.1 cm³/mol. The van der Waals surface area contributed by atoms with E-state index in [9.17, 15) is 13.2 Å². The average molecular weight is 257 g/mol. The SMILES string of the molecule is COc1ccc(CN(C(C)=O)S(C)(=O)=O)cc1. The van der Waals surface area contributed by atoms with Crippen molar-refractivity contribution in [1.82, 2.24) is 4.31 Å². The lowest BCUT2D eigenvalue weighted by molar-refractivity contribution is -0.124. The smallest absolute Gasteiger partial charge is 0.234 e. The largest absolute Gasteiger partial charge is 0.497 e. The number of ether oxygens (including phenoxy) is 1. The molecule has 1 amide bonds. The summed E-state index contributed by atoms with van der Waals surface area (Å²) in [7, 11) is -1.98. The van der Waals surface area contributed by atoms with Crippen LogP contribution in [0, 0.1) is 0 Å². The fourth-order valence-electron chi connectivity index (χ4n) is 1.36. The molecule has 0 aromatic heterocycles. The molecule has 0 saturated carbocycles. The van der Waals surface area contributed by atoms with Gasteiger partial charge >= 0.3 is 0 Å². The summed E-state index contributed by atoms with van der Waals surface area (Å²) in [5, 5.41) is 0. The molecule has 0 N–H and O–H groups in total. The highest BCUT2D eigenvalue weighted by molar-refractivity contribution is 7.88. The van der Waals surface area contributed by atoms with E-state index in [1.54, 1.807) is 31.4 Å². The number of carbonyl (C=O) groups excluding carboxylic acids is 1. The Bertz CT molecular complexity index is 493. The van der Waals surface area contributed by atoms with Crippen LogP contribution in [0.5, 0.6) is 5.75 Å². The number of nitrogens with zero attached hydrogens (tertiary/aromatic N) is 1. The first-order valence-electron chi connectivity index (χ1n) is 4.96. The summed E-state index contributed by atoms with van der Waals surface area (Å²) in [5.74, 6) is 0.186. The monoisotopic (exact) mass is 257 g/mol. The van der Waals surface area contributed by atoms with Gasteiger partial charge in [-0.2, -0.15) is 0 Å². The molecule has 0 atom stereocenters. The van der Waals surface area contributed by atoms with Gasteiger partial charge in [-0.1, -0.05) is 12.1 Å². The summed E-state index contributed by atoms with van der Waals surface area (Å²) < 4.78 is 28.6. The van der Waals surface area contributed by atoms with Crippen LogP contribution in [-0.2, 0) is 21.4 Å². The Hall–Kier alpha value is -1.56. The van der Waals surface area contributed by atoms with Crippen molar-refractivity contribution in [1.29, 1.82) is 0 Å².